The number of nitrogens with one attached hydrogen (secondary N) is 1. The molecule has 4 nitrogen and oxygen atoms in total. The molecule has 27 heavy (non-hydrogen) atoms. The number of fused-ring (bicyclic) bond motifs is 1. The fourth-order valence-electron chi connectivity index (χ4n) is 4.19. The standard InChI is InChI=1S/C22H25ClN2O2/c23-17-4-2-5-18(13-17)25-11-9-16(10-12-25)22(27)24-21-6-1-3-15-7-8-19(26)14-20(15)21/h1-6,13,16,19,26H,7-12,14H2,(H,24,27)/t19-/m1/s1. The molecule has 0 aromatic heterocycles. The molecular weight excluding hydrogens is 360 g/mol. The van der Waals surface area contributed by atoms with Crippen molar-refractivity contribution in [3.8, 4) is 0 Å². The van der Waals surface area contributed by atoms with Crippen LogP contribution in [-0.4, -0.2) is 30.2 Å². The number of hydrogen-bond donors (Lipinski definition) is 2. The predicted molar refractivity (Wildman–Crippen MR) is 109 cm³/mol. The van der Waals surface area contributed by atoms with Crippen molar-refractivity contribution in [2.45, 2.75) is 38.2 Å². The van der Waals surface area contributed by atoms with E-state index < -0.39 is 0 Å². The van der Waals surface area contributed by atoms with Crippen molar-refractivity contribution in [3.05, 3.63) is 58.6 Å². The van der Waals surface area contributed by atoms with Gasteiger partial charge in [-0.1, -0.05) is 29.8 Å². The number of benzene rings is 2. The second kappa shape index (κ2) is 7.91. The summed E-state index contributed by atoms with van der Waals surface area (Å²) in [4.78, 5) is 15.1. The maximum atomic E-state index is 12.8. The Morgan fingerprint density at radius 2 is 1.89 bits per heavy atom. The van der Waals surface area contributed by atoms with Crippen molar-refractivity contribution in [1.82, 2.24) is 0 Å². The van der Waals surface area contributed by atoms with E-state index in [9.17, 15) is 9.90 Å². The van der Waals surface area contributed by atoms with E-state index in [4.69, 9.17) is 11.6 Å². The van der Waals surface area contributed by atoms with E-state index in [2.05, 4.69) is 22.3 Å². The Balaban J connectivity index is 1.39. The topological polar surface area (TPSA) is 52.6 Å². The molecule has 2 aromatic rings. The molecule has 0 spiro atoms. The first-order valence-electron chi connectivity index (χ1n) is 9.70. The predicted octanol–water partition coefficient (Wildman–Crippen LogP) is 4.04. The van der Waals surface area contributed by atoms with Crippen molar-refractivity contribution < 1.29 is 9.90 Å². The monoisotopic (exact) mass is 384 g/mol. The Bertz CT molecular complexity index is 831. The number of halogens is 1. The first-order chi connectivity index (χ1) is 13.1. The zero-order valence-corrected chi connectivity index (χ0v) is 16.1. The Kier molecular flexibility index (Phi) is 5.37. The highest BCUT2D eigenvalue weighted by Crippen LogP contribution is 2.30. The highest BCUT2D eigenvalue weighted by atomic mass is 35.5. The Morgan fingerprint density at radius 3 is 2.67 bits per heavy atom. The third kappa shape index (κ3) is 4.12. The van der Waals surface area contributed by atoms with Crippen LogP contribution in [0.5, 0.6) is 0 Å². The van der Waals surface area contributed by atoms with Crippen molar-refractivity contribution >= 4 is 28.9 Å². The van der Waals surface area contributed by atoms with Crippen LogP contribution in [0.3, 0.4) is 0 Å². The average molecular weight is 385 g/mol. The van der Waals surface area contributed by atoms with Crippen LogP contribution in [0.15, 0.2) is 42.5 Å². The lowest BCUT2D eigenvalue weighted by molar-refractivity contribution is -0.120. The summed E-state index contributed by atoms with van der Waals surface area (Å²) in [5.74, 6) is 0.110. The van der Waals surface area contributed by atoms with Gasteiger partial charge < -0.3 is 15.3 Å². The Morgan fingerprint density at radius 1 is 1.11 bits per heavy atom. The molecule has 0 saturated carbocycles. The maximum absolute atomic E-state index is 12.8. The molecule has 1 amide bonds. The number of hydrogen-bond acceptors (Lipinski definition) is 3. The van der Waals surface area contributed by atoms with E-state index in [1.807, 2.05) is 30.3 Å². The average Bonchev–Trinajstić information content (AvgIpc) is 2.68. The molecular formula is C22H25ClN2O2. The Hall–Kier alpha value is -2.04. The fraction of sp³-hybridized carbons (Fsp3) is 0.409. The SMILES string of the molecule is O=C(Nc1cccc2c1C[C@H](O)CC2)C1CCN(c2cccc(Cl)c2)CC1. The second-order valence-electron chi connectivity index (χ2n) is 7.57. The Labute approximate surface area is 165 Å². The summed E-state index contributed by atoms with van der Waals surface area (Å²) < 4.78 is 0. The number of aliphatic hydroxyl groups excluding tert-OH is 1. The van der Waals surface area contributed by atoms with Crippen LogP contribution in [-0.2, 0) is 17.6 Å². The summed E-state index contributed by atoms with van der Waals surface area (Å²) in [6.45, 7) is 1.70. The van der Waals surface area contributed by atoms with E-state index in [1.165, 1.54) is 5.56 Å². The van der Waals surface area contributed by atoms with E-state index in [0.717, 1.165) is 60.7 Å². The molecule has 2 aliphatic rings. The molecule has 2 N–H and O–H groups in total. The van der Waals surface area contributed by atoms with Crippen LogP contribution in [0.1, 0.15) is 30.4 Å². The molecule has 5 heteroatoms. The van der Waals surface area contributed by atoms with Gasteiger partial charge in [-0.25, -0.2) is 0 Å². The summed E-state index contributed by atoms with van der Waals surface area (Å²) in [7, 11) is 0. The minimum atomic E-state index is -0.309. The number of anilines is 2. The van der Waals surface area contributed by atoms with Gasteiger partial charge in [-0.2, -0.15) is 0 Å². The molecule has 1 atom stereocenters. The van der Waals surface area contributed by atoms with Crippen LogP contribution in [0, 0.1) is 5.92 Å². The summed E-state index contributed by atoms with van der Waals surface area (Å²) in [5.41, 5.74) is 4.33. The quantitative estimate of drug-likeness (QED) is 0.839. The van der Waals surface area contributed by atoms with E-state index in [0.29, 0.717) is 6.42 Å². The second-order valence-corrected chi connectivity index (χ2v) is 8.01. The largest absolute Gasteiger partial charge is 0.393 e. The van der Waals surface area contributed by atoms with Gasteiger partial charge in [-0.3, -0.25) is 4.79 Å². The normalized spacial score (nSPS) is 20.2. The minimum absolute atomic E-state index is 0.0183. The van der Waals surface area contributed by atoms with Gasteiger partial charge in [0.15, 0.2) is 0 Å². The van der Waals surface area contributed by atoms with Crippen LogP contribution in [0.25, 0.3) is 0 Å². The summed E-state index contributed by atoms with van der Waals surface area (Å²) in [6.07, 6.45) is 3.65. The number of rotatable bonds is 3. The molecule has 1 fully saturated rings. The van der Waals surface area contributed by atoms with Gasteiger partial charge >= 0.3 is 0 Å². The number of piperidine rings is 1. The summed E-state index contributed by atoms with van der Waals surface area (Å²) >= 11 is 6.09. The number of amides is 1. The molecule has 1 saturated heterocycles. The van der Waals surface area contributed by atoms with Gasteiger partial charge in [-0.15, -0.1) is 0 Å². The van der Waals surface area contributed by atoms with Crippen LogP contribution in [0.4, 0.5) is 11.4 Å². The maximum Gasteiger partial charge on any atom is 0.227 e. The van der Waals surface area contributed by atoms with Crippen molar-refractivity contribution in [2.24, 2.45) is 5.92 Å². The number of aryl methyl sites for hydroxylation is 1. The molecule has 1 heterocycles. The van der Waals surface area contributed by atoms with Crippen molar-refractivity contribution in [1.29, 1.82) is 0 Å². The van der Waals surface area contributed by atoms with E-state index in [-0.39, 0.29) is 17.9 Å². The molecule has 142 valence electrons. The molecule has 0 radical (unpaired) electrons. The fourth-order valence-corrected chi connectivity index (χ4v) is 4.38. The first kappa shape index (κ1) is 18.3. The van der Waals surface area contributed by atoms with Gasteiger partial charge in [0.2, 0.25) is 5.91 Å². The zero-order chi connectivity index (χ0) is 18.8. The van der Waals surface area contributed by atoms with Gasteiger partial charge in [0.05, 0.1) is 6.10 Å². The molecule has 1 aliphatic carbocycles. The summed E-state index contributed by atoms with van der Waals surface area (Å²) in [5, 5.41) is 13.9. The van der Waals surface area contributed by atoms with Crippen LogP contribution < -0.4 is 10.2 Å². The number of carbonyl (C=O) groups excluding carboxylic acids is 1. The lowest BCUT2D eigenvalue weighted by Gasteiger charge is -2.33. The van der Waals surface area contributed by atoms with E-state index >= 15 is 0 Å². The van der Waals surface area contributed by atoms with Gasteiger partial charge in [0, 0.05) is 41.8 Å². The first-order valence-corrected chi connectivity index (χ1v) is 10.1. The third-order valence-corrected chi connectivity index (χ3v) is 5.99. The molecule has 0 bridgehead atoms. The third-order valence-electron chi connectivity index (χ3n) is 5.76. The van der Waals surface area contributed by atoms with Crippen LogP contribution >= 0.6 is 11.6 Å². The van der Waals surface area contributed by atoms with Gasteiger partial charge in [0.25, 0.3) is 0 Å². The molecule has 1 aliphatic heterocycles. The molecule has 2 aromatic carbocycles. The minimum Gasteiger partial charge on any atom is -0.393 e. The zero-order valence-electron chi connectivity index (χ0n) is 15.3. The summed E-state index contributed by atoms with van der Waals surface area (Å²) in [6, 6.07) is 13.9. The highest BCUT2D eigenvalue weighted by Gasteiger charge is 2.27. The van der Waals surface area contributed by atoms with Crippen molar-refractivity contribution in [3.63, 3.8) is 0 Å². The molecule has 4 rings (SSSR count). The number of aliphatic hydroxyl groups is 1. The number of carbonyl (C=O) groups is 1. The van der Waals surface area contributed by atoms with Crippen LogP contribution in [0.2, 0.25) is 5.02 Å². The van der Waals surface area contributed by atoms with Gasteiger partial charge in [-0.05, 0) is 61.1 Å². The number of nitrogens with zero attached hydrogens (tertiary/aromatic N) is 1. The van der Waals surface area contributed by atoms with Crippen molar-refractivity contribution in [2.75, 3.05) is 23.3 Å². The van der Waals surface area contributed by atoms with E-state index in [1.54, 1.807) is 0 Å². The highest BCUT2D eigenvalue weighted by molar-refractivity contribution is 6.30. The lowest BCUT2D eigenvalue weighted by Crippen LogP contribution is -2.38. The molecule has 0 unspecified atom stereocenters. The van der Waals surface area contributed by atoms with Gasteiger partial charge in [0.1, 0.15) is 0 Å². The lowest BCUT2D eigenvalue weighted by atomic mass is 9.88. The smallest absolute Gasteiger partial charge is 0.227 e.